The molecule has 0 radical (unpaired) electrons. The normalized spacial score (nSPS) is 28.5. The van der Waals surface area contributed by atoms with Crippen LogP contribution < -0.4 is 28.8 Å². The molecule has 1 aromatic rings. The predicted octanol–water partition coefficient (Wildman–Crippen LogP) is 1.55. The molecule has 2 bridgehead atoms. The number of aromatic hydroxyl groups is 2. The third-order valence-corrected chi connectivity index (χ3v) is 7.53. The summed E-state index contributed by atoms with van der Waals surface area (Å²) in [5.41, 5.74) is 7.15. The molecule has 1 aliphatic rings. The van der Waals surface area contributed by atoms with E-state index in [-0.39, 0.29) is 47.9 Å². The molecule has 1 aliphatic heterocycles. The Bertz CT molecular complexity index is 1230. The zero-order valence-electron chi connectivity index (χ0n) is 26.3. The number of nitrogens with one attached hydrogen (secondary N) is 2. The first-order valence-corrected chi connectivity index (χ1v) is 14.3. The molecule has 2 amide bonds. The van der Waals surface area contributed by atoms with E-state index in [0.29, 0.717) is 41.8 Å². The second kappa shape index (κ2) is 18.3. The number of carbonyl (C=O) groups excluding carboxylic acids is 2. The molecule has 0 aliphatic carbocycles. The highest BCUT2D eigenvalue weighted by Crippen LogP contribution is 2.42. The highest BCUT2D eigenvalue weighted by Gasteiger charge is 2.29. The molecule has 6 atom stereocenters. The van der Waals surface area contributed by atoms with E-state index in [1.165, 1.54) is 20.3 Å². The van der Waals surface area contributed by atoms with Crippen molar-refractivity contribution in [3.05, 3.63) is 59.7 Å². The fourth-order valence-corrected chi connectivity index (χ4v) is 5.09. The topological polar surface area (TPSA) is 173 Å². The number of carbonyl (C=O) groups is 2. The first-order valence-electron chi connectivity index (χ1n) is 14.3. The molecule has 1 heterocycles. The van der Waals surface area contributed by atoms with Crippen LogP contribution in [0, 0.1) is 11.8 Å². The minimum atomic E-state index is -0.935. The first-order chi connectivity index (χ1) is 20.3. The van der Waals surface area contributed by atoms with Crippen LogP contribution in [-0.4, -0.2) is 72.5 Å². The van der Waals surface area contributed by atoms with Crippen LogP contribution in [0.5, 0.6) is 11.5 Å². The number of aliphatic hydroxyl groups is 1. The van der Waals surface area contributed by atoms with Gasteiger partial charge in [0.05, 0.1) is 29.7 Å². The largest absolute Gasteiger partial charge is 1.00 e. The van der Waals surface area contributed by atoms with Crippen molar-refractivity contribution >= 4 is 23.4 Å². The number of rotatable bonds is 6. The van der Waals surface area contributed by atoms with E-state index in [1.54, 1.807) is 38.2 Å². The Morgan fingerprint density at radius 1 is 1.20 bits per heavy atom. The summed E-state index contributed by atoms with van der Waals surface area (Å²) >= 11 is 0. The fourth-order valence-electron chi connectivity index (χ4n) is 5.09. The first kappa shape index (κ1) is 38.5. The van der Waals surface area contributed by atoms with Gasteiger partial charge in [-0.25, -0.2) is 4.79 Å². The number of nitrogens with two attached hydrogens (primary N) is 1. The summed E-state index contributed by atoms with van der Waals surface area (Å²) in [5.74, 6) is -1.33. The molecule has 2 rings (SSSR count). The molecule has 0 fully saturated rings. The lowest BCUT2D eigenvalue weighted by Gasteiger charge is -2.29. The third kappa shape index (κ3) is 10.9. The highest BCUT2D eigenvalue weighted by molar-refractivity contribution is 6.04. The van der Waals surface area contributed by atoms with Crippen LogP contribution in [0.4, 0.5) is 16.2 Å². The standard InChI is InChI=1S/C32H47N3O8.ClH/c1-8-12-34-28-23-13-18(2)14-27(42-7)29(37)21(5)15-20(4)26(43-32(33)40)16-22(41-6)11-9-10-19(3)31(39)35-24(30(23)38)17-25(28)36;/h8-11,15,17-18,21-22,26-27,29,34,36-38H,1,12-14,16H2,2-7H3,(H2,33,40)(H,35,39);1H/p-1/b11-9-,19-10+,20-15+;/t18-,21+,22-,26-,27+,29-;/m1./s1. The summed E-state index contributed by atoms with van der Waals surface area (Å²) in [5, 5.41) is 39.1. The SMILES string of the molecule is C=CCNc1c(O)cc2c(O)c1C[C@@H](C)C[C@H](OC)[C@H](O)[C@@H](C)/C=C(\C)[C@H](OC(N)=O)C[C@H](OC)/C=C\C=C(/C)C(=O)N2.[Cl-]. The van der Waals surface area contributed by atoms with Crippen LogP contribution in [-0.2, 0) is 25.4 Å². The van der Waals surface area contributed by atoms with Gasteiger partial charge in [-0.05, 0) is 38.2 Å². The molecule has 0 aromatic heterocycles. The van der Waals surface area contributed by atoms with Gasteiger partial charge in [0, 0.05) is 50.3 Å². The second-order valence-corrected chi connectivity index (χ2v) is 11.0. The van der Waals surface area contributed by atoms with E-state index in [0.717, 1.165) is 0 Å². The average Bonchev–Trinajstić information content (AvgIpc) is 2.95. The van der Waals surface area contributed by atoms with Gasteiger partial charge < -0.3 is 58.3 Å². The van der Waals surface area contributed by atoms with E-state index < -0.39 is 36.4 Å². The Labute approximate surface area is 266 Å². The van der Waals surface area contributed by atoms with Gasteiger partial charge in [0.1, 0.15) is 17.6 Å². The molecule has 0 unspecified atom stereocenters. The van der Waals surface area contributed by atoms with E-state index in [4.69, 9.17) is 19.9 Å². The van der Waals surface area contributed by atoms with Crippen LogP contribution >= 0.6 is 0 Å². The van der Waals surface area contributed by atoms with Crippen molar-refractivity contribution in [1.82, 2.24) is 0 Å². The van der Waals surface area contributed by atoms with Crippen LogP contribution in [0.25, 0.3) is 0 Å². The van der Waals surface area contributed by atoms with Crippen molar-refractivity contribution in [3.8, 4) is 11.5 Å². The Balaban J connectivity index is 0.00000968. The molecule has 7 N–H and O–H groups in total. The number of hydrogen-bond donors (Lipinski definition) is 6. The Hall–Kier alpha value is -3.51. The Morgan fingerprint density at radius 2 is 1.89 bits per heavy atom. The zero-order chi connectivity index (χ0) is 32.3. The van der Waals surface area contributed by atoms with Gasteiger partial charge in [0.15, 0.2) is 0 Å². The molecule has 0 spiro atoms. The lowest BCUT2D eigenvalue weighted by Crippen LogP contribution is -3.00. The van der Waals surface area contributed by atoms with Gasteiger partial charge >= 0.3 is 6.09 Å². The number of primary amides is 1. The van der Waals surface area contributed by atoms with Crippen LogP contribution in [0.1, 0.15) is 46.1 Å². The maximum absolute atomic E-state index is 13.0. The average molecular weight is 637 g/mol. The van der Waals surface area contributed by atoms with Crippen molar-refractivity contribution in [2.24, 2.45) is 17.6 Å². The summed E-state index contributed by atoms with van der Waals surface area (Å²) in [6.07, 6.45) is 5.67. The monoisotopic (exact) mass is 636 g/mol. The van der Waals surface area contributed by atoms with E-state index in [2.05, 4.69) is 17.2 Å². The van der Waals surface area contributed by atoms with Gasteiger partial charge in [-0.15, -0.1) is 6.58 Å². The Morgan fingerprint density at radius 3 is 2.48 bits per heavy atom. The number of allylic oxidation sites excluding steroid dienone is 2. The minimum Gasteiger partial charge on any atom is -1.00 e. The molecular weight excluding hydrogens is 590 g/mol. The summed E-state index contributed by atoms with van der Waals surface area (Å²) in [4.78, 5) is 24.7. The maximum Gasteiger partial charge on any atom is 0.405 e. The summed E-state index contributed by atoms with van der Waals surface area (Å²) in [6.45, 7) is 11.2. The Kier molecular flexibility index (Phi) is 16.0. The lowest BCUT2D eigenvalue weighted by molar-refractivity contribution is -0.112. The molecule has 0 saturated heterocycles. The number of benzene rings is 1. The number of methoxy groups -OCH3 is 2. The van der Waals surface area contributed by atoms with Gasteiger partial charge in [-0.2, -0.15) is 0 Å². The molecular formula is C32H47ClN3O8-. The number of phenols is 2. The highest BCUT2D eigenvalue weighted by atomic mass is 35.5. The molecule has 0 saturated carbocycles. The maximum atomic E-state index is 13.0. The van der Waals surface area contributed by atoms with E-state index >= 15 is 0 Å². The quantitative estimate of drug-likeness (QED) is 0.154. The smallest absolute Gasteiger partial charge is 0.405 e. The number of halogens is 1. The number of ether oxygens (including phenoxy) is 3. The minimum absolute atomic E-state index is 0. The number of phenolic OH excluding ortho intramolecular Hbond substituents is 2. The van der Waals surface area contributed by atoms with Crippen molar-refractivity contribution in [1.29, 1.82) is 0 Å². The van der Waals surface area contributed by atoms with E-state index in [1.807, 2.05) is 19.9 Å². The van der Waals surface area contributed by atoms with Gasteiger partial charge in [0.2, 0.25) is 0 Å². The summed E-state index contributed by atoms with van der Waals surface area (Å²) in [6, 6.07) is 1.29. The number of hydrogen-bond acceptors (Lipinski definition) is 9. The van der Waals surface area contributed by atoms with Gasteiger partial charge in [-0.3, -0.25) is 4.79 Å². The van der Waals surface area contributed by atoms with Crippen molar-refractivity contribution < 1.29 is 51.5 Å². The molecule has 44 heavy (non-hydrogen) atoms. The summed E-state index contributed by atoms with van der Waals surface area (Å²) in [7, 11) is 3.03. The van der Waals surface area contributed by atoms with E-state index in [9.17, 15) is 24.9 Å². The molecule has 12 heteroatoms. The van der Waals surface area contributed by atoms with Crippen LogP contribution in [0.3, 0.4) is 0 Å². The second-order valence-electron chi connectivity index (χ2n) is 11.0. The molecule has 1 aromatic carbocycles. The van der Waals surface area contributed by atoms with Crippen molar-refractivity contribution in [2.45, 2.75) is 71.4 Å². The molecule has 246 valence electrons. The summed E-state index contributed by atoms with van der Waals surface area (Å²) < 4.78 is 16.6. The predicted molar refractivity (Wildman–Crippen MR) is 167 cm³/mol. The number of fused-ring (bicyclic) bond motifs is 2. The fraction of sp³-hybridized carbons (Fsp3) is 0.500. The lowest BCUT2D eigenvalue weighted by atomic mass is 9.87. The van der Waals surface area contributed by atoms with Gasteiger partial charge in [-0.1, -0.05) is 44.2 Å². The van der Waals surface area contributed by atoms with Crippen LogP contribution in [0.2, 0.25) is 0 Å². The zero-order valence-corrected chi connectivity index (χ0v) is 27.1. The molecule has 11 nitrogen and oxygen atoms in total. The number of aliphatic hydroxyl groups excluding tert-OH is 1. The van der Waals surface area contributed by atoms with Crippen molar-refractivity contribution in [3.63, 3.8) is 0 Å². The van der Waals surface area contributed by atoms with Crippen molar-refractivity contribution in [2.75, 3.05) is 31.4 Å². The number of anilines is 2. The van der Waals surface area contributed by atoms with Crippen LogP contribution in [0.15, 0.2) is 54.2 Å². The van der Waals surface area contributed by atoms with Gasteiger partial charge in [0.25, 0.3) is 5.91 Å². The third-order valence-electron chi connectivity index (χ3n) is 7.53. The number of amides is 2.